The van der Waals surface area contributed by atoms with Gasteiger partial charge < -0.3 is 4.79 Å². The molecule has 1 unspecified atom stereocenters. The van der Waals surface area contributed by atoms with Crippen molar-refractivity contribution in [2.75, 3.05) is 0 Å². The summed E-state index contributed by atoms with van der Waals surface area (Å²) in [5, 5.41) is 1.39. The van der Waals surface area contributed by atoms with Crippen molar-refractivity contribution in [1.82, 2.24) is 0 Å². The highest BCUT2D eigenvalue weighted by Crippen LogP contribution is 2.26. The van der Waals surface area contributed by atoms with E-state index in [2.05, 4.69) is 43.9 Å². The Morgan fingerprint density at radius 3 is 2.38 bits per heavy atom. The number of carbonyl (C=O) groups is 1. The van der Waals surface area contributed by atoms with E-state index in [1.807, 2.05) is 12.1 Å². The first kappa shape index (κ1) is 12.9. The molecule has 0 aliphatic carbocycles. The summed E-state index contributed by atoms with van der Waals surface area (Å²) < 4.78 is 0. The predicted octanol–water partition coefficient (Wildman–Crippen LogP) is 3.14. The molecule has 1 nitrogen and oxygen atoms in total. The van der Waals surface area contributed by atoms with E-state index in [1.54, 1.807) is 6.92 Å². The molecule has 0 amide bonds. The number of hydrogen-bond donors (Lipinski definition) is 0. The highest BCUT2D eigenvalue weighted by molar-refractivity contribution is 6.91. The Bertz CT molecular complexity index is 368. The largest absolute Gasteiger partial charge is 0.300 e. The fourth-order valence-electron chi connectivity index (χ4n) is 2.02. The number of rotatable bonds is 5. The zero-order valence-electron chi connectivity index (χ0n) is 10.4. The Labute approximate surface area is 99.2 Å². The zero-order valence-corrected chi connectivity index (χ0v) is 11.4. The van der Waals surface area contributed by atoms with Crippen molar-refractivity contribution in [1.29, 1.82) is 0 Å². The Balaban J connectivity index is 2.98. The molecule has 0 bridgehead atoms. The van der Waals surface area contributed by atoms with Crippen LogP contribution in [0.2, 0.25) is 18.6 Å². The van der Waals surface area contributed by atoms with Crippen molar-refractivity contribution in [3.05, 3.63) is 43.0 Å². The molecule has 0 N–H and O–H groups in total. The van der Waals surface area contributed by atoms with Crippen LogP contribution in [-0.4, -0.2) is 13.9 Å². The minimum Gasteiger partial charge on any atom is -0.300 e. The topological polar surface area (TPSA) is 17.1 Å². The van der Waals surface area contributed by atoms with Crippen molar-refractivity contribution in [2.45, 2.75) is 32.0 Å². The molecule has 1 rings (SSSR count). The van der Waals surface area contributed by atoms with E-state index >= 15 is 0 Å². The van der Waals surface area contributed by atoms with Gasteiger partial charge in [0.2, 0.25) is 0 Å². The first-order valence-electron chi connectivity index (χ1n) is 5.66. The van der Waals surface area contributed by atoms with Gasteiger partial charge in [-0.25, -0.2) is 0 Å². The standard InChI is InChI=1S/C14H20OSi/c1-5-13(11-12(2)15)16(3,4)14-9-7-6-8-10-14/h5-10,13H,1,11H2,2-4H3. The molecule has 1 atom stereocenters. The van der Waals surface area contributed by atoms with E-state index in [0.29, 0.717) is 12.0 Å². The second-order valence-corrected chi connectivity index (χ2v) is 9.60. The van der Waals surface area contributed by atoms with Crippen molar-refractivity contribution >= 4 is 19.0 Å². The van der Waals surface area contributed by atoms with Gasteiger partial charge in [-0.2, -0.15) is 0 Å². The van der Waals surface area contributed by atoms with Gasteiger partial charge in [0.1, 0.15) is 5.78 Å². The lowest BCUT2D eigenvalue weighted by molar-refractivity contribution is -0.116. The number of Topliss-reactive ketones (excluding diaryl/α,β-unsaturated/α-hetero) is 1. The van der Waals surface area contributed by atoms with Gasteiger partial charge in [-0.3, -0.25) is 0 Å². The van der Waals surface area contributed by atoms with Gasteiger partial charge in [-0.1, -0.05) is 54.7 Å². The molecule has 0 aromatic heterocycles. The lowest BCUT2D eigenvalue weighted by Crippen LogP contribution is -2.45. The number of carbonyl (C=O) groups excluding carboxylic acids is 1. The fraction of sp³-hybridized carbons (Fsp3) is 0.357. The number of benzene rings is 1. The summed E-state index contributed by atoms with van der Waals surface area (Å²) in [6.07, 6.45) is 2.58. The molecule has 0 aliphatic rings. The maximum atomic E-state index is 11.3. The molecule has 0 radical (unpaired) electrons. The van der Waals surface area contributed by atoms with Crippen LogP contribution >= 0.6 is 0 Å². The molecular formula is C14H20OSi. The van der Waals surface area contributed by atoms with E-state index in [1.165, 1.54) is 5.19 Å². The highest BCUT2D eigenvalue weighted by atomic mass is 28.3. The van der Waals surface area contributed by atoms with E-state index in [4.69, 9.17) is 0 Å². The SMILES string of the molecule is C=CC(CC(C)=O)[Si](C)(C)c1ccccc1. The Morgan fingerprint density at radius 2 is 1.94 bits per heavy atom. The van der Waals surface area contributed by atoms with E-state index in [9.17, 15) is 4.79 Å². The second kappa shape index (κ2) is 5.26. The van der Waals surface area contributed by atoms with E-state index in [0.717, 1.165) is 0 Å². The summed E-state index contributed by atoms with van der Waals surface area (Å²) >= 11 is 0. The van der Waals surface area contributed by atoms with Gasteiger partial charge in [-0.15, -0.1) is 6.58 Å². The van der Waals surface area contributed by atoms with Gasteiger partial charge in [0.15, 0.2) is 0 Å². The van der Waals surface area contributed by atoms with Crippen molar-refractivity contribution < 1.29 is 4.79 Å². The van der Waals surface area contributed by atoms with Crippen LogP contribution < -0.4 is 5.19 Å². The molecule has 1 aromatic rings. The zero-order chi connectivity index (χ0) is 12.2. The van der Waals surface area contributed by atoms with Crippen LogP contribution in [0.4, 0.5) is 0 Å². The average molecular weight is 232 g/mol. The van der Waals surface area contributed by atoms with Crippen LogP contribution in [0.25, 0.3) is 0 Å². The normalized spacial score (nSPS) is 13.2. The Kier molecular flexibility index (Phi) is 4.24. The highest BCUT2D eigenvalue weighted by Gasteiger charge is 2.32. The quantitative estimate of drug-likeness (QED) is 0.563. The third-order valence-electron chi connectivity index (χ3n) is 3.24. The molecule has 0 heterocycles. The third kappa shape index (κ3) is 2.92. The van der Waals surface area contributed by atoms with Crippen molar-refractivity contribution in [3.63, 3.8) is 0 Å². The predicted molar refractivity (Wildman–Crippen MR) is 72.8 cm³/mol. The van der Waals surface area contributed by atoms with Gasteiger partial charge in [0, 0.05) is 6.42 Å². The summed E-state index contributed by atoms with van der Waals surface area (Å²) in [6, 6.07) is 10.5. The van der Waals surface area contributed by atoms with Crippen molar-refractivity contribution in [2.24, 2.45) is 0 Å². The summed E-state index contributed by atoms with van der Waals surface area (Å²) in [7, 11) is -1.61. The molecule has 0 spiro atoms. The Hall–Kier alpha value is -1.15. The molecule has 0 saturated heterocycles. The van der Waals surface area contributed by atoms with Crippen LogP contribution in [0.5, 0.6) is 0 Å². The third-order valence-corrected chi connectivity index (χ3v) is 7.35. The molecular weight excluding hydrogens is 212 g/mol. The molecule has 1 aromatic carbocycles. The summed E-state index contributed by atoms with van der Waals surface area (Å²) in [4.78, 5) is 11.3. The molecule has 2 heteroatoms. The smallest absolute Gasteiger partial charge is 0.130 e. The molecule has 0 aliphatic heterocycles. The molecule has 0 fully saturated rings. The van der Waals surface area contributed by atoms with Gasteiger partial charge in [0.25, 0.3) is 0 Å². The maximum Gasteiger partial charge on any atom is 0.130 e. The minimum absolute atomic E-state index is 0.251. The maximum absolute atomic E-state index is 11.3. The van der Waals surface area contributed by atoms with Crippen molar-refractivity contribution in [3.8, 4) is 0 Å². The Morgan fingerprint density at radius 1 is 1.38 bits per heavy atom. The number of allylic oxidation sites excluding steroid dienone is 1. The van der Waals surface area contributed by atoms with Crippen LogP contribution in [0.1, 0.15) is 13.3 Å². The molecule has 86 valence electrons. The monoisotopic (exact) mass is 232 g/mol. The number of ketones is 1. The minimum atomic E-state index is -1.61. The van der Waals surface area contributed by atoms with Gasteiger partial charge in [-0.05, 0) is 12.5 Å². The summed E-state index contributed by atoms with van der Waals surface area (Å²) in [6.45, 7) is 10.2. The number of hydrogen-bond acceptors (Lipinski definition) is 1. The molecule has 0 saturated carbocycles. The lowest BCUT2D eigenvalue weighted by atomic mass is 10.2. The second-order valence-electron chi connectivity index (χ2n) is 4.84. The summed E-state index contributed by atoms with van der Waals surface area (Å²) in [5.74, 6) is 0.251. The van der Waals surface area contributed by atoms with Crippen LogP contribution in [-0.2, 0) is 4.79 Å². The lowest BCUT2D eigenvalue weighted by Gasteiger charge is -2.30. The van der Waals surface area contributed by atoms with Gasteiger partial charge in [0.05, 0.1) is 8.07 Å². The van der Waals surface area contributed by atoms with Gasteiger partial charge >= 0.3 is 0 Å². The van der Waals surface area contributed by atoms with E-state index < -0.39 is 8.07 Å². The van der Waals surface area contributed by atoms with Crippen LogP contribution in [0, 0.1) is 0 Å². The fourth-order valence-corrected chi connectivity index (χ4v) is 4.89. The first-order valence-corrected chi connectivity index (χ1v) is 8.73. The van der Waals surface area contributed by atoms with Crippen LogP contribution in [0.3, 0.4) is 0 Å². The average Bonchev–Trinajstić information content (AvgIpc) is 2.26. The van der Waals surface area contributed by atoms with E-state index in [-0.39, 0.29) is 5.78 Å². The first-order chi connectivity index (χ1) is 7.48. The van der Waals surface area contributed by atoms with Crippen LogP contribution in [0.15, 0.2) is 43.0 Å². The summed E-state index contributed by atoms with van der Waals surface area (Å²) in [5.41, 5.74) is 0.326. The molecule has 16 heavy (non-hydrogen) atoms.